The fourth-order valence-electron chi connectivity index (χ4n) is 3.18. The van der Waals surface area contributed by atoms with Crippen LogP contribution < -0.4 is 4.74 Å². The largest absolute Gasteiger partial charge is 0.493 e. The number of para-hydroxylation sites is 1. The van der Waals surface area contributed by atoms with E-state index in [4.69, 9.17) is 4.74 Å². The Balaban J connectivity index is 2.11. The molecule has 1 aliphatic heterocycles. The van der Waals surface area contributed by atoms with Gasteiger partial charge in [0, 0.05) is 0 Å². The van der Waals surface area contributed by atoms with Gasteiger partial charge in [0.1, 0.15) is 5.75 Å². The maximum Gasteiger partial charge on any atom is 0.122 e. The topological polar surface area (TPSA) is 29.5 Å². The van der Waals surface area contributed by atoms with Crippen molar-refractivity contribution in [2.24, 2.45) is 5.41 Å². The standard InChI is InChI=1S/C16H24O2/c1-12(17)10-16(2,3)11-13-8-9-18-15-7-5-4-6-14(13)15/h4-7,12-13,17H,8-11H2,1-3H3. The summed E-state index contributed by atoms with van der Waals surface area (Å²) < 4.78 is 5.70. The summed E-state index contributed by atoms with van der Waals surface area (Å²) in [6.07, 6.45) is 2.82. The second-order valence-electron chi connectivity index (χ2n) is 6.29. The maximum atomic E-state index is 9.59. The summed E-state index contributed by atoms with van der Waals surface area (Å²) in [5, 5.41) is 9.59. The summed E-state index contributed by atoms with van der Waals surface area (Å²) in [7, 11) is 0. The number of aliphatic hydroxyl groups excluding tert-OH is 1. The highest BCUT2D eigenvalue weighted by atomic mass is 16.5. The molecule has 0 aliphatic carbocycles. The van der Waals surface area contributed by atoms with Crippen LogP contribution in [0.4, 0.5) is 0 Å². The Bertz CT molecular complexity index is 396. The van der Waals surface area contributed by atoms with Gasteiger partial charge in [-0.2, -0.15) is 0 Å². The number of hydrogen-bond donors (Lipinski definition) is 1. The first-order valence-corrected chi connectivity index (χ1v) is 6.88. The van der Waals surface area contributed by atoms with Gasteiger partial charge in [-0.05, 0) is 49.1 Å². The minimum Gasteiger partial charge on any atom is -0.493 e. The predicted molar refractivity (Wildman–Crippen MR) is 74.0 cm³/mol. The van der Waals surface area contributed by atoms with Crippen LogP contribution in [-0.2, 0) is 0 Å². The maximum absolute atomic E-state index is 9.59. The van der Waals surface area contributed by atoms with Gasteiger partial charge in [-0.1, -0.05) is 32.0 Å². The number of ether oxygens (including phenoxy) is 1. The van der Waals surface area contributed by atoms with Gasteiger partial charge in [0.05, 0.1) is 12.7 Å². The van der Waals surface area contributed by atoms with Crippen LogP contribution in [-0.4, -0.2) is 17.8 Å². The van der Waals surface area contributed by atoms with E-state index in [0.717, 1.165) is 31.6 Å². The van der Waals surface area contributed by atoms with Gasteiger partial charge >= 0.3 is 0 Å². The normalized spacial score (nSPS) is 21.0. The SMILES string of the molecule is CC(O)CC(C)(C)CC1CCOc2ccccc21. The highest BCUT2D eigenvalue weighted by molar-refractivity contribution is 5.37. The van der Waals surface area contributed by atoms with Crippen LogP contribution in [0.25, 0.3) is 0 Å². The lowest BCUT2D eigenvalue weighted by molar-refractivity contribution is 0.115. The lowest BCUT2D eigenvalue weighted by atomic mass is 9.75. The molecule has 0 bridgehead atoms. The number of fused-ring (bicyclic) bond motifs is 1. The summed E-state index contributed by atoms with van der Waals surface area (Å²) in [5.74, 6) is 1.60. The van der Waals surface area contributed by atoms with E-state index in [1.54, 1.807) is 0 Å². The Morgan fingerprint density at radius 2 is 2.11 bits per heavy atom. The summed E-state index contributed by atoms with van der Waals surface area (Å²) in [6, 6.07) is 8.35. The molecule has 1 heterocycles. The Morgan fingerprint density at radius 1 is 1.39 bits per heavy atom. The first kappa shape index (κ1) is 13.4. The fourth-order valence-corrected chi connectivity index (χ4v) is 3.18. The van der Waals surface area contributed by atoms with Gasteiger partial charge in [-0.3, -0.25) is 0 Å². The van der Waals surface area contributed by atoms with Crippen molar-refractivity contribution in [1.82, 2.24) is 0 Å². The second-order valence-corrected chi connectivity index (χ2v) is 6.29. The molecule has 0 aromatic heterocycles. The summed E-state index contributed by atoms with van der Waals surface area (Å²) in [6.45, 7) is 7.18. The van der Waals surface area contributed by atoms with Crippen molar-refractivity contribution in [1.29, 1.82) is 0 Å². The molecule has 2 atom stereocenters. The van der Waals surface area contributed by atoms with Gasteiger partial charge in [0.2, 0.25) is 0 Å². The predicted octanol–water partition coefficient (Wildman–Crippen LogP) is 3.74. The van der Waals surface area contributed by atoms with Crippen LogP contribution in [0.2, 0.25) is 0 Å². The van der Waals surface area contributed by atoms with E-state index in [1.807, 2.05) is 13.0 Å². The number of benzene rings is 1. The molecule has 2 unspecified atom stereocenters. The molecule has 100 valence electrons. The van der Waals surface area contributed by atoms with E-state index in [9.17, 15) is 5.11 Å². The molecule has 1 aromatic rings. The Hall–Kier alpha value is -1.02. The third-order valence-electron chi connectivity index (χ3n) is 3.73. The fraction of sp³-hybridized carbons (Fsp3) is 0.625. The van der Waals surface area contributed by atoms with Crippen LogP contribution >= 0.6 is 0 Å². The molecule has 0 radical (unpaired) electrons. The van der Waals surface area contributed by atoms with Crippen LogP contribution in [0.1, 0.15) is 51.5 Å². The molecular formula is C16H24O2. The number of rotatable bonds is 4. The zero-order valence-electron chi connectivity index (χ0n) is 11.6. The van der Waals surface area contributed by atoms with Gasteiger partial charge in [0.25, 0.3) is 0 Å². The molecule has 18 heavy (non-hydrogen) atoms. The van der Waals surface area contributed by atoms with Crippen molar-refractivity contribution in [3.05, 3.63) is 29.8 Å². The van der Waals surface area contributed by atoms with E-state index in [2.05, 4.69) is 32.0 Å². The van der Waals surface area contributed by atoms with Crippen LogP contribution in [0, 0.1) is 5.41 Å². The zero-order valence-corrected chi connectivity index (χ0v) is 11.6. The molecule has 1 aliphatic rings. The van der Waals surface area contributed by atoms with E-state index < -0.39 is 0 Å². The van der Waals surface area contributed by atoms with Crippen molar-refractivity contribution in [3.63, 3.8) is 0 Å². The van der Waals surface area contributed by atoms with E-state index in [0.29, 0.717) is 5.92 Å². The van der Waals surface area contributed by atoms with Crippen molar-refractivity contribution in [3.8, 4) is 5.75 Å². The Kier molecular flexibility index (Phi) is 3.96. The molecular weight excluding hydrogens is 224 g/mol. The van der Waals surface area contributed by atoms with Crippen molar-refractivity contribution in [2.45, 2.75) is 52.1 Å². The molecule has 2 rings (SSSR count). The highest BCUT2D eigenvalue weighted by Crippen LogP contribution is 2.42. The summed E-state index contributed by atoms with van der Waals surface area (Å²) in [5.41, 5.74) is 1.51. The number of aliphatic hydroxyl groups is 1. The van der Waals surface area contributed by atoms with Gasteiger partial charge < -0.3 is 9.84 Å². The van der Waals surface area contributed by atoms with Crippen LogP contribution in [0.3, 0.4) is 0 Å². The van der Waals surface area contributed by atoms with Gasteiger partial charge in [0.15, 0.2) is 0 Å². The van der Waals surface area contributed by atoms with E-state index >= 15 is 0 Å². The molecule has 1 N–H and O–H groups in total. The lowest BCUT2D eigenvalue weighted by Gasteiger charge is -2.34. The van der Waals surface area contributed by atoms with Gasteiger partial charge in [-0.25, -0.2) is 0 Å². The molecule has 0 amide bonds. The molecule has 2 nitrogen and oxygen atoms in total. The molecule has 0 spiro atoms. The number of hydrogen-bond acceptors (Lipinski definition) is 2. The molecule has 1 aromatic carbocycles. The van der Waals surface area contributed by atoms with Crippen molar-refractivity contribution < 1.29 is 9.84 Å². The van der Waals surface area contributed by atoms with E-state index in [-0.39, 0.29) is 11.5 Å². The average Bonchev–Trinajstić information content (AvgIpc) is 2.27. The van der Waals surface area contributed by atoms with E-state index in [1.165, 1.54) is 5.56 Å². The lowest BCUT2D eigenvalue weighted by Crippen LogP contribution is -2.24. The molecule has 0 fully saturated rings. The molecule has 0 saturated heterocycles. The first-order chi connectivity index (χ1) is 8.48. The quantitative estimate of drug-likeness (QED) is 0.879. The smallest absolute Gasteiger partial charge is 0.122 e. The van der Waals surface area contributed by atoms with Crippen LogP contribution in [0.15, 0.2) is 24.3 Å². The van der Waals surface area contributed by atoms with Gasteiger partial charge in [-0.15, -0.1) is 0 Å². The average molecular weight is 248 g/mol. The molecule has 2 heteroatoms. The Labute approximate surface area is 110 Å². The minimum absolute atomic E-state index is 0.170. The third-order valence-corrected chi connectivity index (χ3v) is 3.73. The highest BCUT2D eigenvalue weighted by Gasteiger charge is 2.29. The first-order valence-electron chi connectivity index (χ1n) is 6.88. The van der Waals surface area contributed by atoms with Crippen molar-refractivity contribution >= 4 is 0 Å². The second kappa shape index (κ2) is 5.31. The minimum atomic E-state index is -0.227. The zero-order chi connectivity index (χ0) is 13.2. The monoisotopic (exact) mass is 248 g/mol. The summed E-state index contributed by atoms with van der Waals surface area (Å²) in [4.78, 5) is 0. The summed E-state index contributed by atoms with van der Waals surface area (Å²) >= 11 is 0. The molecule has 0 saturated carbocycles. The Morgan fingerprint density at radius 3 is 2.83 bits per heavy atom. The van der Waals surface area contributed by atoms with Crippen molar-refractivity contribution in [2.75, 3.05) is 6.61 Å². The van der Waals surface area contributed by atoms with Crippen LogP contribution in [0.5, 0.6) is 5.75 Å². The third kappa shape index (κ3) is 3.26.